The molecule has 2 N–H and O–H groups in total. The van der Waals surface area contributed by atoms with Crippen LogP contribution in [-0.2, 0) is 14.4 Å². The number of carbonyl (C=O) groups excluding carboxylic acids is 3. The summed E-state index contributed by atoms with van der Waals surface area (Å²) in [6, 6.07) is 3.92. The number of fused-ring (bicyclic) bond motifs is 1. The van der Waals surface area contributed by atoms with E-state index in [1.54, 1.807) is 18.2 Å². The van der Waals surface area contributed by atoms with Gasteiger partial charge in [0.05, 0.1) is 12.2 Å². The minimum Gasteiger partial charge on any atom is -0.489 e. The Morgan fingerprint density at radius 3 is 2.47 bits per heavy atom. The Morgan fingerprint density at radius 1 is 1.23 bits per heavy atom. The number of nitrogens with one attached hydrogen (secondary N) is 2. The average Bonchev–Trinajstić information content (AvgIpc) is 2.76. The second kappa shape index (κ2) is 8.44. The first kappa shape index (κ1) is 23.4. The molecule has 1 aromatic rings. The molecule has 1 heterocycles. The van der Waals surface area contributed by atoms with Gasteiger partial charge in [-0.15, -0.1) is 0 Å². The fraction of sp³-hybridized carbons (Fsp3) is 0.500. The van der Waals surface area contributed by atoms with E-state index in [1.807, 2.05) is 6.92 Å². The molecule has 166 valence electrons. The number of amides is 3. The zero-order chi connectivity index (χ0) is 22.9. The van der Waals surface area contributed by atoms with Gasteiger partial charge in [-0.05, 0) is 31.5 Å². The Labute approximate surface area is 168 Å². The summed E-state index contributed by atoms with van der Waals surface area (Å²) in [5.74, 6) is -9.28. The molecule has 12 heteroatoms. The standard InChI is InChI=1S/C18H20F5N3O4/c1-9-4-5-12-13(6-9)30-7-11(16(29)26(12)3)25-15(28)10(2)14(27)24-8-17(19,20)18(21,22)23/h4-6,10-11H,7-8H2,1-3H3,(H,24,27)(H,25,28). The second-order valence-corrected chi connectivity index (χ2v) is 6.88. The van der Waals surface area contributed by atoms with Crippen molar-refractivity contribution in [3.8, 4) is 5.75 Å². The van der Waals surface area contributed by atoms with Crippen LogP contribution in [0.3, 0.4) is 0 Å². The highest BCUT2D eigenvalue weighted by molar-refractivity contribution is 6.04. The molecule has 0 bridgehead atoms. The molecule has 30 heavy (non-hydrogen) atoms. The van der Waals surface area contributed by atoms with Crippen LogP contribution in [0.5, 0.6) is 5.75 Å². The first-order valence-corrected chi connectivity index (χ1v) is 8.78. The Morgan fingerprint density at radius 2 is 1.87 bits per heavy atom. The quantitative estimate of drug-likeness (QED) is 0.543. The molecule has 3 amide bonds. The molecule has 1 aromatic carbocycles. The number of ether oxygens (including phenoxy) is 1. The van der Waals surface area contributed by atoms with Crippen LogP contribution in [0.2, 0.25) is 0 Å². The van der Waals surface area contributed by atoms with Gasteiger partial charge in [-0.1, -0.05) is 6.07 Å². The normalized spacial score (nSPS) is 18.1. The van der Waals surface area contributed by atoms with Gasteiger partial charge in [0.15, 0.2) is 0 Å². The molecule has 7 nitrogen and oxygen atoms in total. The van der Waals surface area contributed by atoms with Crippen molar-refractivity contribution in [3.63, 3.8) is 0 Å². The number of hydrogen-bond acceptors (Lipinski definition) is 4. The maximum absolute atomic E-state index is 12.9. The summed E-state index contributed by atoms with van der Waals surface area (Å²) < 4.78 is 67.9. The van der Waals surface area contributed by atoms with Gasteiger partial charge < -0.3 is 20.3 Å². The molecule has 1 aliphatic rings. The summed E-state index contributed by atoms with van der Waals surface area (Å²) in [5.41, 5.74) is 1.33. The number of likely N-dealkylation sites (N-methyl/N-ethyl adjacent to an activating group) is 1. The predicted molar refractivity (Wildman–Crippen MR) is 95.2 cm³/mol. The lowest BCUT2D eigenvalue weighted by atomic mass is 10.1. The number of hydrogen-bond donors (Lipinski definition) is 2. The van der Waals surface area contributed by atoms with Crippen LogP contribution in [0.1, 0.15) is 12.5 Å². The number of carbonyl (C=O) groups is 3. The highest BCUT2D eigenvalue weighted by Crippen LogP contribution is 2.34. The summed E-state index contributed by atoms with van der Waals surface area (Å²) in [6.07, 6.45) is -5.84. The summed E-state index contributed by atoms with van der Waals surface area (Å²) in [4.78, 5) is 37.9. The third-order valence-corrected chi connectivity index (χ3v) is 4.51. The number of rotatable bonds is 5. The van der Waals surface area contributed by atoms with Crippen LogP contribution in [0, 0.1) is 12.8 Å². The minimum atomic E-state index is -5.84. The zero-order valence-electron chi connectivity index (χ0n) is 16.3. The van der Waals surface area contributed by atoms with E-state index >= 15 is 0 Å². The van der Waals surface area contributed by atoms with E-state index in [4.69, 9.17) is 4.74 Å². The third-order valence-electron chi connectivity index (χ3n) is 4.51. The fourth-order valence-corrected chi connectivity index (χ4v) is 2.58. The lowest BCUT2D eigenvalue weighted by Gasteiger charge is -2.23. The minimum absolute atomic E-state index is 0.258. The molecule has 0 fully saturated rings. The van der Waals surface area contributed by atoms with Gasteiger partial charge in [-0.25, -0.2) is 0 Å². The Balaban J connectivity index is 2.01. The van der Waals surface area contributed by atoms with Gasteiger partial charge in [0.1, 0.15) is 24.3 Å². The van der Waals surface area contributed by atoms with Crippen LogP contribution >= 0.6 is 0 Å². The molecule has 0 spiro atoms. The van der Waals surface area contributed by atoms with Gasteiger partial charge in [0.2, 0.25) is 11.8 Å². The second-order valence-electron chi connectivity index (χ2n) is 6.88. The molecular weight excluding hydrogens is 417 g/mol. The molecular formula is C18H20F5N3O4. The van der Waals surface area contributed by atoms with Crippen LogP contribution in [-0.4, -0.2) is 56.1 Å². The summed E-state index contributed by atoms with van der Waals surface area (Å²) in [7, 11) is 1.46. The third kappa shape index (κ3) is 4.97. The fourth-order valence-electron chi connectivity index (χ4n) is 2.58. The summed E-state index contributed by atoms with van der Waals surface area (Å²) in [6.45, 7) is 0.570. The Hall–Kier alpha value is -2.92. The topological polar surface area (TPSA) is 87.7 Å². The van der Waals surface area contributed by atoms with Crippen LogP contribution < -0.4 is 20.3 Å². The van der Waals surface area contributed by atoms with E-state index < -0.39 is 48.3 Å². The van der Waals surface area contributed by atoms with E-state index in [-0.39, 0.29) is 6.61 Å². The number of halogens is 5. The van der Waals surface area contributed by atoms with E-state index in [2.05, 4.69) is 5.32 Å². The van der Waals surface area contributed by atoms with Gasteiger partial charge in [-0.3, -0.25) is 14.4 Å². The van der Waals surface area contributed by atoms with Crippen LogP contribution in [0.25, 0.3) is 0 Å². The number of benzene rings is 1. The van der Waals surface area contributed by atoms with E-state index in [0.717, 1.165) is 12.5 Å². The van der Waals surface area contributed by atoms with E-state index in [9.17, 15) is 36.3 Å². The molecule has 0 radical (unpaired) electrons. The predicted octanol–water partition coefficient (Wildman–Crippen LogP) is 1.78. The Kier molecular flexibility index (Phi) is 6.57. The molecule has 2 atom stereocenters. The van der Waals surface area contributed by atoms with Crippen molar-refractivity contribution in [2.75, 3.05) is 25.1 Å². The van der Waals surface area contributed by atoms with Crippen molar-refractivity contribution in [1.29, 1.82) is 0 Å². The SMILES string of the molecule is Cc1ccc2c(c1)OCC(NC(=O)C(C)C(=O)NCC(F)(F)C(F)(F)F)C(=O)N2C. The lowest BCUT2D eigenvalue weighted by Crippen LogP contribution is -2.53. The molecule has 0 saturated heterocycles. The van der Waals surface area contributed by atoms with Crippen molar-refractivity contribution in [1.82, 2.24) is 10.6 Å². The molecule has 1 aliphatic heterocycles. The number of aryl methyl sites for hydroxylation is 1. The largest absolute Gasteiger partial charge is 0.489 e. The first-order chi connectivity index (χ1) is 13.7. The van der Waals surface area contributed by atoms with Crippen molar-refractivity contribution < 1.29 is 41.1 Å². The van der Waals surface area contributed by atoms with Crippen molar-refractivity contribution in [3.05, 3.63) is 23.8 Å². The smallest absolute Gasteiger partial charge is 0.455 e. The highest BCUT2D eigenvalue weighted by Gasteiger charge is 2.57. The summed E-state index contributed by atoms with van der Waals surface area (Å²) in [5, 5.41) is 3.67. The van der Waals surface area contributed by atoms with Gasteiger partial charge in [0.25, 0.3) is 5.91 Å². The van der Waals surface area contributed by atoms with Crippen molar-refractivity contribution in [2.24, 2.45) is 5.92 Å². The van der Waals surface area contributed by atoms with Crippen LogP contribution in [0.15, 0.2) is 18.2 Å². The molecule has 2 rings (SSSR count). The van der Waals surface area contributed by atoms with Crippen molar-refractivity contribution in [2.45, 2.75) is 32.0 Å². The van der Waals surface area contributed by atoms with Crippen LogP contribution in [0.4, 0.5) is 27.6 Å². The maximum atomic E-state index is 12.9. The first-order valence-electron chi connectivity index (χ1n) is 8.78. The summed E-state index contributed by atoms with van der Waals surface area (Å²) >= 11 is 0. The maximum Gasteiger partial charge on any atom is 0.455 e. The van der Waals surface area contributed by atoms with E-state index in [1.165, 1.54) is 17.3 Å². The van der Waals surface area contributed by atoms with E-state index in [0.29, 0.717) is 11.4 Å². The number of nitrogens with zero attached hydrogens (tertiary/aromatic N) is 1. The van der Waals surface area contributed by atoms with Gasteiger partial charge in [-0.2, -0.15) is 22.0 Å². The monoisotopic (exact) mass is 437 g/mol. The molecule has 0 aliphatic carbocycles. The zero-order valence-corrected chi connectivity index (χ0v) is 16.3. The average molecular weight is 437 g/mol. The molecule has 0 saturated carbocycles. The molecule has 2 unspecified atom stereocenters. The number of alkyl halides is 5. The number of anilines is 1. The van der Waals surface area contributed by atoms with Crippen molar-refractivity contribution >= 4 is 23.4 Å². The highest BCUT2D eigenvalue weighted by atomic mass is 19.4. The van der Waals surface area contributed by atoms with Gasteiger partial charge >= 0.3 is 12.1 Å². The molecule has 0 aromatic heterocycles. The van der Waals surface area contributed by atoms with Gasteiger partial charge in [0, 0.05) is 7.05 Å². The lowest BCUT2D eigenvalue weighted by molar-refractivity contribution is -0.278. The Bertz CT molecular complexity index is 844.